The fraction of sp³-hybridized carbons (Fsp3) is 0.261. The summed E-state index contributed by atoms with van der Waals surface area (Å²) in [5.74, 6) is -1.98. The molecular weight excluding hydrogens is 869 g/mol. The molecule has 348 valence electrons. The van der Waals surface area contributed by atoms with E-state index in [0.717, 1.165) is 26.5 Å². The molecule has 2 atom stereocenters. The number of nitrogens with one attached hydrogen (secondary N) is 6. The van der Waals surface area contributed by atoms with Gasteiger partial charge in [-0.1, -0.05) is 63.4 Å². The topological polar surface area (TPSA) is 273 Å². The van der Waals surface area contributed by atoms with Crippen LogP contribution in [0.2, 0.25) is 0 Å². The predicted molar refractivity (Wildman–Crippen MR) is 240 cm³/mol. The Balaban J connectivity index is 0.000000215. The number of amides is 10. The van der Waals surface area contributed by atoms with Gasteiger partial charge in [0.1, 0.15) is 13.1 Å². The van der Waals surface area contributed by atoms with E-state index in [-0.39, 0.29) is 45.8 Å². The minimum absolute atomic E-state index is 0. The maximum Gasteiger partial charge on any atom is 0.418 e. The molecular formula is C46H48N10O11. The van der Waals surface area contributed by atoms with Gasteiger partial charge >= 0.3 is 24.2 Å². The Bertz CT molecular complexity index is 2750. The molecule has 9 rings (SSSR count). The number of hydrogen-bond acceptors (Lipinski definition) is 13. The molecule has 0 saturated carbocycles. The fourth-order valence-corrected chi connectivity index (χ4v) is 7.97. The third-order valence-electron chi connectivity index (χ3n) is 11.1. The van der Waals surface area contributed by atoms with Gasteiger partial charge in [0.15, 0.2) is 0 Å². The first-order valence-electron chi connectivity index (χ1n) is 20.2. The second-order valence-corrected chi connectivity index (χ2v) is 15.1. The van der Waals surface area contributed by atoms with E-state index < -0.39 is 53.6 Å². The summed E-state index contributed by atoms with van der Waals surface area (Å²) in [4.78, 5) is 101. The molecule has 3 heterocycles. The van der Waals surface area contributed by atoms with Crippen LogP contribution in [0.3, 0.4) is 0 Å². The van der Waals surface area contributed by atoms with Gasteiger partial charge in [-0.15, -0.1) is 10.2 Å². The smallest absolute Gasteiger partial charge is 0.418 e. The van der Waals surface area contributed by atoms with Crippen LogP contribution in [0, 0.1) is 0 Å². The number of aryl methyl sites for hydroxylation is 2. The highest BCUT2D eigenvalue weighted by molar-refractivity contribution is 6.07. The van der Waals surface area contributed by atoms with Crippen LogP contribution in [0.4, 0.5) is 30.6 Å². The Morgan fingerprint density at radius 1 is 0.642 bits per heavy atom. The monoisotopic (exact) mass is 916 g/mol. The minimum Gasteiger partial charge on any atom is -0.427 e. The first-order valence-corrected chi connectivity index (χ1v) is 20.2. The van der Waals surface area contributed by atoms with E-state index >= 15 is 0 Å². The summed E-state index contributed by atoms with van der Waals surface area (Å²) in [6, 6.07) is 26.8. The number of fused-ring (bicyclic) bond motifs is 4. The van der Waals surface area contributed by atoms with Crippen LogP contribution in [-0.2, 0) is 54.4 Å². The van der Waals surface area contributed by atoms with Crippen molar-refractivity contribution in [3.8, 4) is 11.5 Å². The minimum atomic E-state index is -1.51. The highest BCUT2D eigenvalue weighted by atomic mass is 16.6. The number of nitrogens with zero attached hydrogens (tertiary/aromatic N) is 4. The van der Waals surface area contributed by atoms with E-state index in [1.165, 1.54) is 14.1 Å². The Kier molecular flexibility index (Phi) is 14.0. The van der Waals surface area contributed by atoms with E-state index in [4.69, 9.17) is 13.9 Å². The van der Waals surface area contributed by atoms with Crippen LogP contribution in [-0.4, -0.2) is 88.5 Å². The number of benzene rings is 4. The largest absolute Gasteiger partial charge is 0.427 e. The lowest BCUT2D eigenvalue weighted by Crippen LogP contribution is -2.48. The van der Waals surface area contributed by atoms with Gasteiger partial charge in [0, 0.05) is 60.6 Å². The van der Waals surface area contributed by atoms with Crippen molar-refractivity contribution < 1.29 is 52.2 Å². The van der Waals surface area contributed by atoms with Crippen LogP contribution in [0.15, 0.2) is 101 Å². The quantitative estimate of drug-likeness (QED) is 0.111. The van der Waals surface area contributed by atoms with Gasteiger partial charge in [0.05, 0.1) is 0 Å². The maximum atomic E-state index is 13.3. The van der Waals surface area contributed by atoms with Crippen LogP contribution in [0.25, 0.3) is 11.5 Å². The summed E-state index contributed by atoms with van der Waals surface area (Å²) in [6.45, 7) is -0.787. The van der Waals surface area contributed by atoms with Gasteiger partial charge in [-0.2, -0.15) is 0 Å². The van der Waals surface area contributed by atoms with Crippen LogP contribution in [0.5, 0.6) is 0 Å². The number of ether oxygens (including phenoxy) is 2. The molecule has 5 aromatic rings. The molecule has 2 saturated heterocycles. The number of urea groups is 2. The molecule has 4 aromatic carbocycles. The van der Waals surface area contributed by atoms with E-state index in [0.29, 0.717) is 53.2 Å². The predicted octanol–water partition coefficient (Wildman–Crippen LogP) is 5.10. The molecule has 21 heteroatoms. The van der Waals surface area contributed by atoms with E-state index in [2.05, 4.69) is 42.3 Å². The Morgan fingerprint density at radius 2 is 1.15 bits per heavy atom. The summed E-state index contributed by atoms with van der Waals surface area (Å²) in [6.07, 6.45) is -0.167. The molecule has 67 heavy (non-hydrogen) atoms. The van der Waals surface area contributed by atoms with Crippen molar-refractivity contribution in [1.29, 1.82) is 0 Å². The Hall–Kier alpha value is -8.62. The van der Waals surface area contributed by atoms with Crippen molar-refractivity contribution in [3.05, 3.63) is 131 Å². The fourth-order valence-electron chi connectivity index (χ4n) is 7.97. The molecule has 0 bridgehead atoms. The third kappa shape index (κ3) is 9.32. The number of rotatable bonds is 8. The van der Waals surface area contributed by atoms with Crippen LogP contribution >= 0.6 is 0 Å². The molecule has 2 aliphatic heterocycles. The van der Waals surface area contributed by atoms with Gasteiger partial charge in [-0.05, 0) is 72.5 Å². The molecule has 0 unspecified atom stereocenters. The van der Waals surface area contributed by atoms with Gasteiger partial charge in [0.2, 0.25) is 23.0 Å². The van der Waals surface area contributed by atoms with Gasteiger partial charge in [-0.25, -0.2) is 29.0 Å². The zero-order chi connectivity index (χ0) is 45.9. The summed E-state index contributed by atoms with van der Waals surface area (Å²) >= 11 is 0. The lowest BCUT2D eigenvalue weighted by molar-refractivity contribution is -0.139. The summed E-state index contributed by atoms with van der Waals surface area (Å²) in [7, 11) is 3.02. The first-order chi connectivity index (χ1) is 31.3. The number of carbonyl (C=O) groups is 8. The van der Waals surface area contributed by atoms with E-state index in [1.54, 1.807) is 66.7 Å². The first kappa shape index (κ1) is 47.8. The summed E-state index contributed by atoms with van der Waals surface area (Å²) in [5, 5.41) is 18.2. The van der Waals surface area contributed by atoms with Gasteiger partial charge in [0.25, 0.3) is 23.6 Å². The molecule has 0 radical (unpaired) electrons. The second-order valence-electron chi connectivity index (χ2n) is 15.1. The summed E-state index contributed by atoms with van der Waals surface area (Å²) < 4.78 is 16.7. The number of carbonyl (C=O) groups excluding carboxylic acids is 8. The zero-order valence-electron chi connectivity index (χ0n) is 34.8. The van der Waals surface area contributed by atoms with Gasteiger partial charge < -0.3 is 35.2 Å². The molecule has 2 aliphatic carbocycles. The maximum absolute atomic E-state index is 13.3. The van der Waals surface area contributed by atoms with Crippen molar-refractivity contribution in [1.82, 2.24) is 41.5 Å². The second kappa shape index (κ2) is 19.6. The zero-order valence-corrected chi connectivity index (χ0v) is 34.8. The third-order valence-corrected chi connectivity index (χ3v) is 11.1. The van der Waals surface area contributed by atoms with Crippen molar-refractivity contribution in [2.75, 3.05) is 31.3 Å². The average molecular weight is 917 g/mol. The normalized spacial score (nSPS) is 18.3. The standard InChI is InChI=1S/C22H21N5O6.C22H19N5O5.2CH4/c1-23-20(31)24-15-7-8-16-14(11-15)9-10-22(16)19(30)27(21(32)33-22)12-17(28)25-26-18(29)13-5-3-2-4-6-13;1-23-20(29)24-15-7-8-16-14(11-15)9-10-22(16)19(28)27(21(30)32-22)12-17-25-26-18(31-17)13-5-3-2-4-6-13;;/h2-8,11H,9-10,12H2,1H3,(H,25,28)(H,26,29)(H2,23,24,31);2-8,11H,9-10,12H2,1H3,(H2,23,24,29);2*1H4/t2*22-;;/m00../s1. The number of hydrazine groups is 1. The highest BCUT2D eigenvalue weighted by Crippen LogP contribution is 2.47. The van der Waals surface area contributed by atoms with Crippen molar-refractivity contribution in [3.63, 3.8) is 0 Å². The van der Waals surface area contributed by atoms with Crippen molar-refractivity contribution >= 4 is 59.3 Å². The summed E-state index contributed by atoms with van der Waals surface area (Å²) in [5.41, 5.74) is 6.48. The van der Waals surface area contributed by atoms with Gasteiger partial charge in [-0.3, -0.25) is 30.0 Å². The number of anilines is 2. The lowest BCUT2D eigenvalue weighted by Gasteiger charge is -2.20. The van der Waals surface area contributed by atoms with E-state index in [1.807, 2.05) is 30.3 Å². The Morgan fingerprint density at radius 3 is 1.69 bits per heavy atom. The number of hydrogen-bond donors (Lipinski definition) is 6. The molecule has 2 spiro atoms. The molecule has 4 aliphatic rings. The van der Waals surface area contributed by atoms with E-state index in [9.17, 15) is 38.4 Å². The van der Waals surface area contributed by atoms with Crippen LogP contribution in [0.1, 0.15) is 66.2 Å². The van der Waals surface area contributed by atoms with Crippen molar-refractivity contribution in [2.45, 2.75) is 58.3 Å². The van der Waals surface area contributed by atoms with Crippen LogP contribution < -0.4 is 32.1 Å². The lowest BCUT2D eigenvalue weighted by atomic mass is 9.94. The average Bonchev–Trinajstić information content (AvgIpc) is 4.13. The molecule has 6 N–H and O–H groups in total. The molecule has 10 amide bonds. The molecule has 21 nitrogen and oxygen atoms in total. The number of aromatic nitrogens is 2. The molecule has 2 fully saturated rings. The number of imide groups is 2. The highest BCUT2D eigenvalue weighted by Gasteiger charge is 2.59. The SMILES string of the molecule is C.C.CNC(=O)Nc1ccc2c(c1)CC[C@]21OC(=O)N(CC(=O)NNC(=O)c2ccccc2)C1=O.CNC(=O)Nc1ccc2c(c1)CC[C@]21OC(=O)N(Cc2nnc(-c3ccccc3)o2)C1=O. The Labute approximate surface area is 383 Å². The molecule has 1 aromatic heterocycles. The van der Waals surface area contributed by atoms with Crippen molar-refractivity contribution in [2.24, 2.45) is 0 Å².